The molecule has 0 bridgehead atoms. The second-order valence-corrected chi connectivity index (χ2v) is 10.1. The van der Waals surface area contributed by atoms with E-state index in [4.69, 9.17) is 9.15 Å². The first-order valence-corrected chi connectivity index (χ1v) is 13.1. The van der Waals surface area contributed by atoms with Crippen molar-refractivity contribution in [3.8, 4) is 5.75 Å². The molecule has 3 aromatic carbocycles. The zero-order valence-electron chi connectivity index (χ0n) is 21.5. The standard InChI is InChI=1S/C31H28FN3O4/c1-19-5-10-24(11-6-19)33-30(36)27-17-39-28(34-27)18-38-25-12-9-20-13-14-35(31(37)21-7-8-21)29(26(20)16-25)22-3-2-4-23(32)15-22/h2-6,9-12,15-17,21,29H,7-8,13-14,18H2,1H3,(H,33,36). The first kappa shape index (κ1) is 24.9. The Balaban J connectivity index is 1.19. The van der Waals surface area contributed by atoms with Crippen LogP contribution in [0.5, 0.6) is 5.75 Å². The Bertz CT molecular complexity index is 1530. The number of rotatable bonds is 7. The average molecular weight is 526 g/mol. The molecule has 1 fully saturated rings. The molecule has 1 saturated carbocycles. The number of oxazole rings is 1. The summed E-state index contributed by atoms with van der Waals surface area (Å²) in [6, 6.07) is 19.3. The van der Waals surface area contributed by atoms with Crippen LogP contribution in [0.25, 0.3) is 0 Å². The van der Waals surface area contributed by atoms with Crippen LogP contribution in [0.3, 0.4) is 0 Å². The number of nitrogens with zero attached hydrogens (tertiary/aromatic N) is 2. The van der Waals surface area contributed by atoms with E-state index >= 15 is 0 Å². The molecule has 8 heteroatoms. The monoisotopic (exact) mass is 525 g/mol. The number of amides is 2. The molecule has 39 heavy (non-hydrogen) atoms. The van der Waals surface area contributed by atoms with Gasteiger partial charge in [-0.25, -0.2) is 9.37 Å². The number of anilines is 1. The summed E-state index contributed by atoms with van der Waals surface area (Å²) in [5, 5.41) is 2.80. The second-order valence-electron chi connectivity index (χ2n) is 10.1. The smallest absolute Gasteiger partial charge is 0.277 e. The van der Waals surface area contributed by atoms with Crippen LogP contribution in [-0.4, -0.2) is 28.2 Å². The number of aryl methyl sites for hydroxylation is 1. The fourth-order valence-electron chi connectivity index (χ4n) is 4.98. The summed E-state index contributed by atoms with van der Waals surface area (Å²) in [5.41, 5.74) is 4.67. The number of halogens is 1. The molecule has 2 heterocycles. The number of hydrogen-bond donors (Lipinski definition) is 1. The number of benzene rings is 3. The molecule has 0 radical (unpaired) electrons. The van der Waals surface area contributed by atoms with Crippen LogP contribution in [0.2, 0.25) is 0 Å². The summed E-state index contributed by atoms with van der Waals surface area (Å²) in [4.78, 5) is 31.9. The Morgan fingerprint density at radius 2 is 1.92 bits per heavy atom. The number of fused-ring (bicyclic) bond motifs is 1. The van der Waals surface area contributed by atoms with Crippen LogP contribution < -0.4 is 10.1 Å². The number of hydrogen-bond acceptors (Lipinski definition) is 5. The minimum atomic E-state index is -0.389. The minimum Gasteiger partial charge on any atom is -0.484 e. The topological polar surface area (TPSA) is 84.7 Å². The molecular formula is C31H28FN3O4. The van der Waals surface area contributed by atoms with Gasteiger partial charge in [0, 0.05) is 18.2 Å². The van der Waals surface area contributed by atoms with Crippen LogP contribution >= 0.6 is 0 Å². The van der Waals surface area contributed by atoms with Crippen LogP contribution in [-0.2, 0) is 17.8 Å². The van der Waals surface area contributed by atoms with Gasteiger partial charge in [0.1, 0.15) is 17.8 Å². The van der Waals surface area contributed by atoms with Crippen molar-refractivity contribution in [2.45, 2.75) is 38.8 Å². The van der Waals surface area contributed by atoms with Gasteiger partial charge in [-0.3, -0.25) is 9.59 Å². The number of carbonyl (C=O) groups is 2. The molecule has 1 aliphatic heterocycles. The lowest BCUT2D eigenvalue weighted by Gasteiger charge is -2.38. The van der Waals surface area contributed by atoms with E-state index in [-0.39, 0.29) is 47.8 Å². The maximum atomic E-state index is 14.2. The zero-order valence-corrected chi connectivity index (χ0v) is 21.5. The molecule has 1 N–H and O–H groups in total. The van der Waals surface area contributed by atoms with Gasteiger partial charge in [-0.15, -0.1) is 0 Å². The van der Waals surface area contributed by atoms with Gasteiger partial charge >= 0.3 is 0 Å². The SMILES string of the molecule is Cc1ccc(NC(=O)c2coc(COc3ccc4c(c3)C(c3cccc(F)c3)N(C(=O)C3CC3)CC4)n2)cc1. The van der Waals surface area contributed by atoms with Crippen molar-refractivity contribution in [3.63, 3.8) is 0 Å². The maximum absolute atomic E-state index is 14.2. The Kier molecular flexibility index (Phi) is 6.60. The summed E-state index contributed by atoms with van der Waals surface area (Å²) < 4.78 is 25.7. The molecular weight excluding hydrogens is 497 g/mol. The van der Waals surface area contributed by atoms with E-state index in [9.17, 15) is 14.0 Å². The third-order valence-corrected chi connectivity index (χ3v) is 7.18. The first-order valence-electron chi connectivity index (χ1n) is 13.1. The molecule has 6 rings (SSSR count). The predicted octanol–water partition coefficient (Wildman–Crippen LogP) is 5.84. The fraction of sp³-hybridized carbons (Fsp3) is 0.258. The number of nitrogens with one attached hydrogen (secondary N) is 1. The van der Waals surface area contributed by atoms with Crippen LogP contribution in [0.1, 0.15) is 57.5 Å². The Hall–Kier alpha value is -4.46. The zero-order chi connectivity index (χ0) is 26.9. The highest BCUT2D eigenvalue weighted by Crippen LogP contribution is 2.41. The van der Waals surface area contributed by atoms with Crippen molar-refractivity contribution in [1.29, 1.82) is 0 Å². The van der Waals surface area contributed by atoms with E-state index in [0.29, 0.717) is 18.0 Å². The number of ether oxygens (including phenoxy) is 1. The largest absolute Gasteiger partial charge is 0.484 e. The van der Waals surface area contributed by atoms with Gasteiger partial charge in [-0.2, -0.15) is 0 Å². The van der Waals surface area contributed by atoms with Crippen molar-refractivity contribution in [2.75, 3.05) is 11.9 Å². The van der Waals surface area contributed by atoms with E-state index < -0.39 is 0 Å². The Labute approximate surface area is 225 Å². The van der Waals surface area contributed by atoms with E-state index in [1.807, 2.05) is 60.4 Å². The molecule has 0 spiro atoms. The van der Waals surface area contributed by atoms with Crippen molar-refractivity contribution < 1.29 is 23.1 Å². The normalized spacial score (nSPS) is 16.5. The maximum Gasteiger partial charge on any atom is 0.277 e. The van der Waals surface area contributed by atoms with Crippen LogP contribution in [0.15, 0.2) is 77.4 Å². The first-order chi connectivity index (χ1) is 18.9. The van der Waals surface area contributed by atoms with E-state index in [1.165, 1.54) is 18.4 Å². The highest BCUT2D eigenvalue weighted by molar-refractivity contribution is 6.02. The fourth-order valence-corrected chi connectivity index (χ4v) is 4.98. The predicted molar refractivity (Wildman–Crippen MR) is 143 cm³/mol. The molecule has 198 valence electrons. The van der Waals surface area contributed by atoms with Gasteiger partial charge in [0.05, 0.1) is 6.04 Å². The lowest BCUT2D eigenvalue weighted by atomic mass is 9.87. The average Bonchev–Trinajstić information content (AvgIpc) is 3.69. The Morgan fingerprint density at radius 1 is 1.10 bits per heavy atom. The molecule has 1 aliphatic carbocycles. The molecule has 2 amide bonds. The lowest BCUT2D eigenvalue weighted by molar-refractivity contribution is -0.134. The van der Waals surface area contributed by atoms with Gasteiger partial charge in [0.25, 0.3) is 5.91 Å². The van der Waals surface area contributed by atoms with Crippen molar-refractivity contribution in [3.05, 3.63) is 113 Å². The third-order valence-electron chi connectivity index (χ3n) is 7.18. The van der Waals surface area contributed by atoms with Crippen LogP contribution in [0.4, 0.5) is 10.1 Å². The quantitative estimate of drug-likeness (QED) is 0.328. The van der Waals surface area contributed by atoms with Crippen molar-refractivity contribution in [2.24, 2.45) is 5.92 Å². The molecule has 1 unspecified atom stereocenters. The van der Waals surface area contributed by atoms with Crippen molar-refractivity contribution >= 4 is 17.5 Å². The number of aromatic nitrogens is 1. The number of carbonyl (C=O) groups excluding carboxylic acids is 2. The van der Waals surface area contributed by atoms with Gasteiger partial charge < -0.3 is 19.4 Å². The summed E-state index contributed by atoms with van der Waals surface area (Å²) in [5.74, 6) is 0.300. The van der Waals surface area contributed by atoms with Crippen LogP contribution in [0, 0.1) is 18.7 Å². The molecule has 1 atom stereocenters. The minimum absolute atomic E-state index is 0.0198. The summed E-state index contributed by atoms with van der Waals surface area (Å²) >= 11 is 0. The van der Waals surface area contributed by atoms with Gasteiger partial charge in [0.2, 0.25) is 11.8 Å². The molecule has 0 saturated heterocycles. The molecule has 2 aliphatic rings. The van der Waals surface area contributed by atoms with E-state index in [2.05, 4.69) is 10.3 Å². The summed E-state index contributed by atoms with van der Waals surface area (Å²) in [6.45, 7) is 2.59. The third kappa shape index (κ3) is 5.41. The lowest BCUT2D eigenvalue weighted by Crippen LogP contribution is -2.41. The Morgan fingerprint density at radius 3 is 2.69 bits per heavy atom. The van der Waals surface area contributed by atoms with Gasteiger partial charge in [0.15, 0.2) is 12.3 Å². The highest BCUT2D eigenvalue weighted by atomic mass is 19.1. The molecule has 1 aromatic heterocycles. The van der Waals surface area contributed by atoms with Crippen molar-refractivity contribution in [1.82, 2.24) is 9.88 Å². The van der Waals surface area contributed by atoms with Gasteiger partial charge in [-0.05, 0) is 79.3 Å². The molecule has 7 nitrogen and oxygen atoms in total. The van der Waals surface area contributed by atoms with E-state index in [1.54, 1.807) is 6.07 Å². The van der Waals surface area contributed by atoms with Gasteiger partial charge in [-0.1, -0.05) is 35.9 Å². The van der Waals surface area contributed by atoms with E-state index in [0.717, 1.165) is 41.5 Å². The second kappa shape index (κ2) is 10.4. The molecule has 4 aromatic rings. The summed E-state index contributed by atoms with van der Waals surface area (Å²) in [6.07, 6.45) is 3.83. The summed E-state index contributed by atoms with van der Waals surface area (Å²) in [7, 11) is 0. The highest BCUT2D eigenvalue weighted by Gasteiger charge is 2.39.